The van der Waals surface area contributed by atoms with E-state index < -0.39 is 16.1 Å². The summed E-state index contributed by atoms with van der Waals surface area (Å²) >= 11 is 0. The standard InChI is InChI=1S/C23H23FN2O3S/c24-21-9-4-3-7-18(21)13-14-25-23(27)22-10-5-15-26(22)30(28,29)20-12-11-17-6-1-2-8-19(17)16-20/h1-4,6-9,11-12,16,22H,5,10,13-15H2,(H,25,27)/t22-/m0/s1. The molecule has 0 aromatic heterocycles. The molecule has 1 N–H and O–H groups in total. The Kier molecular flexibility index (Phi) is 5.83. The van der Waals surface area contributed by atoms with E-state index >= 15 is 0 Å². The first-order chi connectivity index (χ1) is 14.5. The number of hydrogen-bond acceptors (Lipinski definition) is 3. The second-order valence-corrected chi connectivity index (χ2v) is 9.31. The van der Waals surface area contributed by atoms with Crippen molar-refractivity contribution >= 4 is 26.7 Å². The van der Waals surface area contributed by atoms with Crippen LogP contribution in [-0.4, -0.2) is 37.8 Å². The van der Waals surface area contributed by atoms with E-state index in [-0.39, 0.29) is 23.2 Å². The highest BCUT2D eigenvalue weighted by atomic mass is 32.2. The van der Waals surface area contributed by atoms with Crippen molar-refractivity contribution in [3.05, 3.63) is 78.1 Å². The van der Waals surface area contributed by atoms with E-state index in [1.165, 1.54) is 10.4 Å². The van der Waals surface area contributed by atoms with Crippen LogP contribution in [0.3, 0.4) is 0 Å². The van der Waals surface area contributed by atoms with Gasteiger partial charge in [-0.1, -0.05) is 48.5 Å². The molecule has 1 heterocycles. The third-order valence-electron chi connectivity index (χ3n) is 5.49. The first-order valence-electron chi connectivity index (χ1n) is 9.98. The Balaban J connectivity index is 1.47. The van der Waals surface area contributed by atoms with E-state index in [4.69, 9.17) is 0 Å². The minimum absolute atomic E-state index is 0.187. The lowest BCUT2D eigenvalue weighted by molar-refractivity contribution is -0.124. The Labute approximate surface area is 175 Å². The molecule has 5 nitrogen and oxygen atoms in total. The zero-order valence-electron chi connectivity index (χ0n) is 16.4. The maximum atomic E-state index is 13.7. The van der Waals surface area contributed by atoms with Crippen LogP contribution in [0.25, 0.3) is 10.8 Å². The summed E-state index contributed by atoms with van der Waals surface area (Å²) in [6, 6.07) is 18.2. The molecule has 4 rings (SSSR count). The molecular formula is C23H23FN2O3S. The quantitative estimate of drug-likeness (QED) is 0.656. The second-order valence-electron chi connectivity index (χ2n) is 7.42. The summed E-state index contributed by atoms with van der Waals surface area (Å²) in [6.45, 7) is 0.556. The molecule has 7 heteroatoms. The van der Waals surface area contributed by atoms with Gasteiger partial charge in [-0.05, 0) is 53.8 Å². The fourth-order valence-corrected chi connectivity index (χ4v) is 5.58. The molecule has 0 saturated carbocycles. The normalized spacial score (nSPS) is 17.3. The van der Waals surface area contributed by atoms with Crippen LogP contribution in [0.1, 0.15) is 18.4 Å². The van der Waals surface area contributed by atoms with E-state index in [1.54, 1.807) is 36.4 Å². The zero-order valence-corrected chi connectivity index (χ0v) is 17.2. The Morgan fingerprint density at radius 2 is 1.77 bits per heavy atom. The largest absolute Gasteiger partial charge is 0.354 e. The van der Waals surface area contributed by atoms with Crippen LogP contribution in [0.4, 0.5) is 4.39 Å². The number of sulfonamides is 1. The maximum absolute atomic E-state index is 13.7. The number of fused-ring (bicyclic) bond motifs is 1. The minimum Gasteiger partial charge on any atom is -0.354 e. The molecule has 1 aliphatic rings. The van der Waals surface area contributed by atoms with Crippen molar-refractivity contribution in [1.29, 1.82) is 0 Å². The van der Waals surface area contributed by atoms with Crippen molar-refractivity contribution in [2.75, 3.05) is 13.1 Å². The Morgan fingerprint density at radius 1 is 1.03 bits per heavy atom. The van der Waals surface area contributed by atoms with E-state index in [0.717, 1.165) is 10.8 Å². The number of amides is 1. The van der Waals surface area contributed by atoms with Gasteiger partial charge >= 0.3 is 0 Å². The molecule has 0 spiro atoms. The van der Waals surface area contributed by atoms with Crippen molar-refractivity contribution in [3.8, 4) is 0 Å². The monoisotopic (exact) mass is 426 g/mol. The smallest absolute Gasteiger partial charge is 0.243 e. The van der Waals surface area contributed by atoms with Crippen LogP contribution in [0.5, 0.6) is 0 Å². The molecular weight excluding hydrogens is 403 g/mol. The van der Waals surface area contributed by atoms with Gasteiger partial charge in [-0.25, -0.2) is 12.8 Å². The SMILES string of the molecule is O=C(NCCc1ccccc1F)[C@@H]1CCCN1S(=O)(=O)c1ccc2ccccc2c1. The lowest BCUT2D eigenvalue weighted by Crippen LogP contribution is -2.46. The first-order valence-corrected chi connectivity index (χ1v) is 11.4. The summed E-state index contributed by atoms with van der Waals surface area (Å²) in [6.07, 6.45) is 1.44. The van der Waals surface area contributed by atoms with Crippen molar-refractivity contribution in [3.63, 3.8) is 0 Å². The van der Waals surface area contributed by atoms with Gasteiger partial charge in [0.2, 0.25) is 15.9 Å². The summed E-state index contributed by atoms with van der Waals surface area (Å²) in [7, 11) is -3.80. The first kappa shape index (κ1) is 20.5. The van der Waals surface area contributed by atoms with Gasteiger partial charge in [0, 0.05) is 13.1 Å². The molecule has 3 aromatic rings. The predicted octanol–water partition coefficient (Wildman–Crippen LogP) is 3.49. The van der Waals surface area contributed by atoms with Gasteiger partial charge < -0.3 is 5.32 Å². The minimum atomic E-state index is -3.80. The number of benzene rings is 3. The van der Waals surface area contributed by atoms with E-state index in [2.05, 4.69) is 5.32 Å². The van der Waals surface area contributed by atoms with Crippen molar-refractivity contribution < 1.29 is 17.6 Å². The fraction of sp³-hybridized carbons (Fsp3) is 0.261. The van der Waals surface area contributed by atoms with Gasteiger partial charge in [-0.3, -0.25) is 4.79 Å². The second kappa shape index (κ2) is 8.53. The maximum Gasteiger partial charge on any atom is 0.243 e. The topological polar surface area (TPSA) is 66.5 Å². The zero-order chi connectivity index (χ0) is 21.1. The van der Waals surface area contributed by atoms with Crippen LogP contribution in [0.15, 0.2) is 71.6 Å². The summed E-state index contributed by atoms with van der Waals surface area (Å²) < 4.78 is 41.5. The number of carbonyl (C=O) groups excluding carboxylic acids is 1. The van der Waals surface area contributed by atoms with Gasteiger partial charge in [0.1, 0.15) is 11.9 Å². The van der Waals surface area contributed by atoms with Gasteiger partial charge in [0.25, 0.3) is 0 Å². The molecule has 1 fully saturated rings. The molecule has 0 radical (unpaired) electrons. The number of nitrogens with one attached hydrogen (secondary N) is 1. The average Bonchev–Trinajstić information content (AvgIpc) is 3.26. The van der Waals surface area contributed by atoms with Gasteiger partial charge in [-0.15, -0.1) is 0 Å². The third-order valence-corrected chi connectivity index (χ3v) is 7.39. The Morgan fingerprint density at radius 3 is 2.57 bits per heavy atom. The Bertz CT molecular complexity index is 1180. The van der Waals surface area contributed by atoms with E-state index in [1.807, 2.05) is 24.3 Å². The predicted molar refractivity (Wildman–Crippen MR) is 114 cm³/mol. The van der Waals surface area contributed by atoms with Gasteiger partial charge in [0.15, 0.2) is 0 Å². The van der Waals surface area contributed by atoms with Gasteiger partial charge in [-0.2, -0.15) is 4.31 Å². The number of halogens is 1. The molecule has 1 aliphatic heterocycles. The van der Waals surface area contributed by atoms with Crippen LogP contribution in [0, 0.1) is 5.82 Å². The number of carbonyl (C=O) groups is 1. The molecule has 156 valence electrons. The summed E-state index contributed by atoms with van der Waals surface area (Å²) in [4.78, 5) is 12.9. The molecule has 1 atom stereocenters. The number of hydrogen-bond donors (Lipinski definition) is 1. The lowest BCUT2D eigenvalue weighted by atomic mass is 10.1. The van der Waals surface area contributed by atoms with Crippen molar-refractivity contribution in [2.45, 2.75) is 30.2 Å². The Hall–Kier alpha value is -2.77. The molecule has 30 heavy (non-hydrogen) atoms. The lowest BCUT2D eigenvalue weighted by Gasteiger charge is -2.23. The van der Waals surface area contributed by atoms with Gasteiger partial charge in [0.05, 0.1) is 4.90 Å². The molecule has 1 amide bonds. The van der Waals surface area contributed by atoms with Crippen LogP contribution >= 0.6 is 0 Å². The molecule has 0 aliphatic carbocycles. The summed E-state index contributed by atoms with van der Waals surface area (Å²) in [5, 5.41) is 4.57. The van der Waals surface area contributed by atoms with Crippen molar-refractivity contribution in [1.82, 2.24) is 9.62 Å². The van der Waals surface area contributed by atoms with Crippen LogP contribution < -0.4 is 5.32 Å². The summed E-state index contributed by atoms with van der Waals surface area (Å²) in [5.41, 5.74) is 0.518. The van der Waals surface area contributed by atoms with Crippen LogP contribution in [-0.2, 0) is 21.2 Å². The van der Waals surface area contributed by atoms with E-state index in [0.29, 0.717) is 31.4 Å². The highest BCUT2D eigenvalue weighted by molar-refractivity contribution is 7.89. The van der Waals surface area contributed by atoms with Crippen LogP contribution in [0.2, 0.25) is 0 Å². The molecule has 0 bridgehead atoms. The van der Waals surface area contributed by atoms with E-state index in [9.17, 15) is 17.6 Å². The number of rotatable bonds is 6. The highest BCUT2D eigenvalue weighted by Gasteiger charge is 2.39. The van der Waals surface area contributed by atoms with Crippen molar-refractivity contribution in [2.24, 2.45) is 0 Å². The molecule has 3 aromatic carbocycles. The molecule has 0 unspecified atom stereocenters. The fourth-order valence-electron chi connectivity index (χ4n) is 3.89. The highest BCUT2D eigenvalue weighted by Crippen LogP contribution is 2.28. The summed E-state index contributed by atoms with van der Waals surface area (Å²) in [5.74, 6) is -0.652. The average molecular weight is 427 g/mol. The number of nitrogens with zero attached hydrogens (tertiary/aromatic N) is 1. The molecule has 1 saturated heterocycles. The third kappa shape index (κ3) is 4.08.